The molecule has 2 nitrogen and oxygen atoms in total. The first-order chi connectivity index (χ1) is 8.48. The third-order valence-electron chi connectivity index (χ3n) is 0.475. The lowest BCUT2D eigenvalue weighted by atomic mass is 10.2. The molecule has 0 aliphatic rings. The molecule has 0 bridgehead atoms. The van der Waals surface area contributed by atoms with Gasteiger partial charge in [0, 0.05) is 21.5 Å². The van der Waals surface area contributed by atoms with Crippen LogP contribution in [0.1, 0.15) is 47.4 Å². The summed E-state index contributed by atoms with van der Waals surface area (Å²) >= 11 is 0. The second-order valence-corrected chi connectivity index (χ2v) is 0.992. The molecule has 0 saturated carbocycles. The highest BCUT2D eigenvalue weighted by atomic mass is 16.5. The summed E-state index contributed by atoms with van der Waals surface area (Å²) in [6.07, 6.45) is -14.9. The molecule has 54 valence electrons. The topological polar surface area (TPSA) is 26.3 Å². The Kier molecular flexibility index (Phi) is 0.863. The Hall–Kier alpha value is -0.530. The first kappa shape index (κ1) is 1.39. The molecular formula is C7H14O2. The smallest absolute Gasteiger partial charge is 0.305 e. The summed E-state index contributed by atoms with van der Waals surface area (Å²) in [4.78, 5) is 11.2. The van der Waals surface area contributed by atoms with Crippen LogP contribution < -0.4 is 0 Å². The molecule has 0 amide bonds. The number of methoxy groups -OCH3 is 1. The number of carbonyl (C=O) groups is 1. The number of ether oxygens (including phenoxy) is 1. The van der Waals surface area contributed by atoms with Crippen LogP contribution in [0.4, 0.5) is 0 Å². The molecule has 0 unspecified atom stereocenters. The van der Waals surface area contributed by atoms with Crippen molar-refractivity contribution < 1.29 is 24.6 Å². The molecule has 0 N–H and O–H groups in total. The standard InChI is InChI=1S/C7H14O2/c1-3-4-5-6-7(8)9-2/h3-6H2,1-2H3/i1D3,3D2,4D2,5D2,6D2. The van der Waals surface area contributed by atoms with Gasteiger partial charge in [-0.15, -0.1) is 0 Å². The van der Waals surface area contributed by atoms with E-state index < -0.39 is 38.3 Å². The molecule has 0 heterocycles. The highest BCUT2D eigenvalue weighted by Crippen LogP contribution is 1.98. The van der Waals surface area contributed by atoms with E-state index >= 15 is 0 Å². The van der Waals surface area contributed by atoms with E-state index in [-0.39, 0.29) is 0 Å². The van der Waals surface area contributed by atoms with Gasteiger partial charge < -0.3 is 4.74 Å². The average molecular weight is 141 g/mol. The summed E-state index contributed by atoms with van der Waals surface area (Å²) < 4.78 is 83.7. The Labute approximate surface area is 71.7 Å². The fourth-order valence-electron chi connectivity index (χ4n) is 0.165. The summed E-state index contributed by atoms with van der Waals surface area (Å²) in [7, 11) is 0.740. The van der Waals surface area contributed by atoms with Gasteiger partial charge in [0.25, 0.3) is 0 Å². The van der Waals surface area contributed by atoms with E-state index in [4.69, 9.17) is 15.1 Å². The van der Waals surface area contributed by atoms with Gasteiger partial charge in [0.15, 0.2) is 0 Å². The molecule has 0 aromatic rings. The van der Waals surface area contributed by atoms with E-state index in [0.29, 0.717) is 0 Å². The molecule has 0 radical (unpaired) electrons. The first-order valence-electron chi connectivity index (χ1n) is 7.57. The molecule has 0 aliphatic heterocycles. The number of esters is 1. The summed E-state index contributed by atoms with van der Waals surface area (Å²) in [5.74, 6) is -1.77. The Morgan fingerprint density at radius 2 is 2.56 bits per heavy atom. The van der Waals surface area contributed by atoms with Crippen molar-refractivity contribution in [3.05, 3.63) is 0 Å². The quantitative estimate of drug-likeness (QED) is 0.557. The van der Waals surface area contributed by atoms with Crippen LogP contribution in [-0.2, 0) is 9.53 Å². The fourth-order valence-corrected chi connectivity index (χ4v) is 0.165. The summed E-state index contributed by atoms with van der Waals surface area (Å²) in [5, 5.41) is 0. The lowest BCUT2D eigenvalue weighted by Crippen LogP contribution is -1.98. The summed E-state index contributed by atoms with van der Waals surface area (Å²) in [6, 6.07) is 0. The molecule has 0 spiro atoms. The van der Waals surface area contributed by atoms with E-state index in [0.717, 1.165) is 7.11 Å². The zero-order chi connectivity index (χ0) is 16.8. The number of rotatable bonds is 4. The Balaban J connectivity index is 6.00. The molecule has 0 fully saturated rings. The van der Waals surface area contributed by atoms with E-state index in [9.17, 15) is 4.79 Å². The van der Waals surface area contributed by atoms with Gasteiger partial charge in [-0.25, -0.2) is 0 Å². The van der Waals surface area contributed by atoms with E-state index in [1.165, 1.54) is 0 Å². The first-order valence-corrected chi connectivity index (χ1v) is 2.07. The van der Waals surface area contributed by atoms with Crippen molar-refractivity contribution >= 4 is 5.97 Å². The Bertz CT molecular complexity index is 383. The second kappa shape index (κ2) is 5.60. The predicted molar refractivity (Wildman–Crippen MR) is 36.2 cm³/mol. The predicted octanol–water partition coefficient (Wildman–Crippen LogP) is 1.74. The third kappa shape index (κ3) is 5.34. The van der Waals surface area contributed by atoms with Crippen LogP contribution in [0.2, 0.25) is 0 Å². The van der Waals surface area contributed by atoms with Crippen molar-refractivity contribution in [2.75, 3.05) is 7.11 Å². The third-order valence-corrected chi connectivity index (χ3v) is 0.475. The van der Waals surface area contributed by atoms with Crippen molar-refractivity contribution in [2.45, 2.75) is 32.3 Å². The van der Waals surface area contributed by atoms with Crippen LogP contribution >= 0.6 is 0 Å². The minimum atomic E-state index is -3.83. The van der Waals surface area contributed by atoms with Crippen LogP contribution in [0, 0.1) is 0 Å². The number of hydrogen-bond acceptors (Lipinski definition) is 2. The van der Waals surface area contributed by atoms with Crippen LogP contribution in [0.15, 0.2) is 0 Å². The minimum absolute atomic E-state index is 0.740. The maximum atomic E-state index is 11.2. The average Bonchev–Trinajstić information content (AvgIpc) is 2.25. The molecule has 0 rings (SSSR count). The van der Waals surface area contributed by atoms with E-state index in [1.807, 2.05) is 0 Å². The molecule has 0 aliphatic carbocycles. The van der Waals surface area contributed by atoms with Crippen molar-refractivity contribution in [3.8, 4) is 0 Å². The van der Waals surface area contributed by atoms with Crippen LogP contribution in [0.25, 0.3) is 0 Å². The van der Waals surface area contributed by atoms with Gasteiger partial charge in [-0.05, 0) is 6.37 Å². The zero-order valence-electron chi connectivity index (χ0n) is 15.8. The van der Waals surface area contributed by atoms with Gasteiger partial charge in [-0.1, -0.05) is 19.6 Å². The molecule has 0 saturated heterocycles. The minimum Gasteiger partial charge on any atom is -0.469 e. The highest BCUT2D eigenvalue weighted by Gasteiger charge is 1.96. The second-order valence-electron chi connectivity index (χ2n) is 0.992. The molecule has 0 atom stereocenters. The van der Waals surface area contributed by atoms with E-state index in [2.05, 4.69) is 4.74 Å². The monoisotopic (exact) mass is 141 g/mol. The van der Waals surface area contributed by atoms with Gasteiger partial charge in [0.1, 0.15) is 0 Å². The SMILES string of the molecule is [2H]C([2H])([2H])C([2H])([2H])C([2H])([2H])C([2H])([2H])C([2H])([2H])C(=O)OC. The fraction of sp³-hybridized carbons (Fsp3) is 0.857. The van der Waals surface area contributed by atoms with Gasteiger partial charge in [-0.3, -0.25) is 4.79 Å². The van der Waals surface area contributed by atoms with Crippen molar-refractivity contribution in [2.24, 2.45) is 0 Å². The maximum absolute atomic E-state index is 11.2. The Morgan fingerprint density at radius 1 is 1.78 bits per heavy atom. The largest absolute Gasteiger partial charge is 0.469 e. The van der Waals surface area contributed by atoms with Gasteiger partial charge in [0.2, 0.25) is 0 Å². The van der Waals surface area contributed by atoms with Gasteiger partial charge in [-0.2, -0.15) is 0 Å². The van der Waals surface area contributed by atoms with Crippen molar-refractivity contribution in [1.29, 1.82) is 0 Å². The lowest BCUT2D eigenvalue weighted by Gasteiger charge is -1.95. The molecule has 0 aromatic heterocycles. The normalized spacial score (nSPS) is 35.0. The van der Waals surface area contributed by atoms with Gasteiger partial charge in [0.05, 0.1) is 7.11 Å². The van der Waals surface area contributed by atoms with Crippen molar-refractivity contribution in [1.82, 2.24) is 0 Å². The molecule has 9 heavy (non-hydrogen) atoms. The van der Waals surface area contributed by atoms with Crippen LogP contribution in [0.5, 0.6) is 0 Å². The van der Waals surface area contributed by atoms with Gasteiger partial charge >= 0.3 is 5.97 Å². The number of carbonyl (C=O) groups excluding carboxylic acids is 1. The maximum Gasteiger partial charge on any atom is 0.305 e. The summed E-state index contributed by atoms with van der Waals surface area (Å²) in [6.45, 7) is -3.56. The number of hydrogen-bond donors (Lipinski definition) is 0. The lowest BCUT2D eigenvalue weighted by molar-refractivity contribution is -0.140. The molecule has 0 aromatic carbocycles. The Morgan fingerprint density at radius 3 is 3.11 bits per heavy atom. The summed E-state index contributed by atoms with van der Waals surface area (Å²) in [5.41, 5.74) is 0. The highest BCUT2D eigenvalue weighted by molar-refractivity contribution is 5.68. The molecular weight excluding hydrogens is 116 g/mol. The zero-order valence-corrected chi connectivity index (χ0v) is 4.82. The van der Waals surface area contributed by atoms with Crippen molar-refractivity contribution in [3.63, 3.8) is 0 Å². The van der Waals surface area contributed by atoms with E-state index in [1.54, 1.807) is 0 Å². The van der Waals surface area contributed by atoms with Crippen LogP contribution in [0.3, 0.4) is 0 Å². The van der Waals surface area contributed by atoms with Crippen LogP contribution in [-0.4, -0.2) is 13.1 Å². The molecule has 2 heteroatoms.